The van der Waals surface area contributed by atoms with Crippen molar-refractivity contribution in [2.45, 2.75) is 17.4 Å². The maximum Gasteiger partial charge on any atom is 0.322 e. The molecular weight excluding hydrogens is 476 g/mol. The average Bonchev–Trinajstić information content (AvgIpc) is 2.90. The number of hydrogen-bond donors (Lipinski definition) is 2. The second-order valence-electron chi connectivity index (χ2n) is 7.72. The second-order valence-corrected chi connectivity index (χ2v) is 9.44. The molecule has 2 N–H and O–H groups in total. The third-order valence-corrected chi connectivity index (χ3v) is 6.61. The lowest BCUT2D eigenvalue weighted by Crippen LogP contribution is -2.40. The van der Waals surface area contributed by atoms with Gasteiger partial charge in [-0.2, -0.15) is 4.72 Å². The Morgan fingerprint density at radius 2 is 1.53 bits per heavy atom. The SMILES string of the molecule is O=C(O)C(CC#Cc1cccnc1)NS(=O)(=O)c1ccc(-c2ccc(Oc3ccccc3)cc2)cc1. The third kappa shape index (κ3) is 6.57. The molecule has 36 heavy (non-hydrogen) atoms. The first-order valence-corrected chi connectivity index (χ1v) is 12.5. The quantitative estimate of drug-likeness (QED) is 0.341. The highest BCUT2D eigenvalue weighted by molar-refractivity contribution is 7.89. The summed E-state index contributed by atoms with van der Waals surface area (Å²) in [6, 6.07) is 25.1. The van der Waals surface area contributed by atoms with Crippen molar-refractivity contribution in [3.63, 3.8) is 0 Å². The van der Waals surface area contributed by atoms with Crippen LogP contribution in [0.5, 0.6) is 11.5 Å². The Morgan fingerprint density at radius 3 is 2.14 bits per heavy atom. The number of rotatable bonds is 8. The molecule has 7 nitrogen and oxygen atoms in total. The van der Waals surface area contributed by atoms with Gasteiger partial charge in [0, 0.05) is 24.4 Å². The smallest absolute Gasteiger partial charge is 0.322 e. The highest BCUT2D eigenvalue weighted by atomic mass is 32.2. The molecule has 1 heterocycles. The van der Waals surface area contributed by atoms with E-state index in [4.69, 9.17) is 4.74 Å². The Kier molecular flexibility index (Phi) is 7.75. The second kappa shape index (κ2) is 11.3. The predicted octanol–water partition coefficient (Wildman–Crippen LogP) is 4.71. The lowest BCUT2D eigenvalue weighted by atomic mass is 10.1. The van der Waals surface area contributed by atoms with Gasteiger partial charge in [0.05, 0.1) is 4.90 Å². The van der Waals surface area contributed by atoms with Crippen molar-refractivity contribution in [3.05, 3.63) is 109 Å². The summed E-state index contributed by atoms with van der Waals surface area (Å²) in [5.41, 5.74) is 2.29. The lowest BCUT2D eigenvalue weighted by Gasteiger charge is -2.13. The highest BCUT2D eigenvalue weighted by Crippen LogP contribution is 2.26. The Balaban J connectivity index is 1.43. The van der Waals surface area contributed by atoms with Crippen molar-refractivity contribution in [3.8, 4) is 34.5 Å². The minimum atomic E-state index is -4.07. The fourth-order valence-electron chi connectivity index (χ4n) is 3.29. The van der Waals surface area contributed by atoms with E-state index in [2.05, 4.69) is 21.5 Å². The van der Waals surface area contributed by atoms with Gasteiger partial charge in [0.1, 0.15) is 17.5 Å². The molecule has 0 aliphatic heterocycles. The maximum atomic E-state index is 12.8. The maximum absolute atomic E-state index is 12.8. The van der Waals surface area contributed by atoms with Crippen molar-refractivity contribution < 1.29 is 23.1 Å². The number of sulfonamides is 1. The number of para-hydroxylation sites is 1. The molecule has 0 saturated heterocycles. The van der Waals surface area contributed by atoms with Crippen LogP contribution in [0.2, 0.25) is 0 Å². The number of ether oxygens (including phenoxy) is 1. The third-order valence-electron chi connectivity index (χ3n) is 5.13. The first kappa shape index (κ1) is 24.7. The van der Waals surface area contributed by atoms with E-state index >= 15 is 0 Å². The summed E-state index contributed by atoms with van der Waals surface area (Å²) in [6.45, 7) is 0. The van der Waals surface area contributed by atoms with Crippen molar-refractivity contribution in [1.82, 2.24) is 9.71 Å². The summed E-state index contributed by atoms with van der Waals surface area (Å²) < 4.78 is 33.6. The summed E-state index contributed by atoms with van der Waals surface area (Å²) in [6.07, 6.45) is 2.94. The highest BCUT2D eigenvalue weighted by Gasteiger charge is 2.24. The number of carboxylic acids is 1. The van der Waals surface area contributed by atoms with Gasteiger partial charge in [0.25, 0.3) is 0 Å². The van der Waals surface area contributed by atoms with Gasteiger partial charge in [-0.15, -0.1) is 0 Å². The minimum absolute atomic E-state index is 0.0400. The average molecular weight is 499 g/mol. The van der Waals surface area contributed by atoms with E-state index in [-0.39, 0.29) is 11.3 Å². The molecule has 180 valence electrons. The van der Waals surface area contributed by atoms with E-state index in [9.17, 15) is 18.3 Å². The Morgan fingerprint density at radius 1 is 0.889 bits per heavy atom. The topological polar surface area (TPSA) is 106 Å². The van der Waals surface area contributed by atoms with Gasteiger partial charge in [-0.1, -0.05) is 54.3 Å². The van der Waals surface area contributed by atoms with E-state index in [1.807, 2.05) is 54.6 Å². The summed E-state index contributed by atoms with van der Waals surface area (Å²) >= 11 is 0. The van der Waals surface area contributed by atoms with Gasteiger partial charge < -0.3 is 9.84 Å². The zero-order valence-corrected chi connectivity index (χ0v) is 19.9. The number of aliphatic carboxylic acids is 1. The molecule has 1 aromatic heterocycles. The zero-order valence-electron chi connectivity index (χ0n) is 19.0. The van der Waals surface area contributed by atoms with Crippen molar-refractivity contribution in [2.75, 3.05) is 0 Å². The van der Waals surface area contributed by atoms with Crippen LogP contribution in [0.3, 0.4) is 0 Å². The van der Waals surface area contributed by atoms with E-state index in [0.717, 1.165) is 16.9 Å². The molecule has 0 aliphatic carbocycles. The molecule has 1 atom stereocenters. The van der Waals surface area contributed by atoms with Crippen LogP contribution in [-0.2, 0) is 14.8 Å². The van der Waals surface area contributed by atoms with Gasteiger partial charge >= 0.3 is 5.97 Å². The Hall–Kier alpha value is -4.45. The molecule has 4 rings (SSSR count). The zero-order chi connectivity index (χ0) is 25.4. The van der Waals surface area contributed by atoms with Crippen LogP contribution in [0.15, 0.2) is 108 Å². The molecule has 0 fully saturated rings. The number of nitrogens with one attached hydrogen (secondary N) is 1. The van der Waals surface area contributed by atoms with Crippen molar-refractivity contribution >= 4 is 16.0 Å². The molecule has 0 aliphatic rings. The minimum Gasteiger partial charge on any atom is -0.480 e. The Bertz CT molecular complexity index is 1480. The molecule has 3 aromatic carbocycles. The van der Waals surface area contributed by atoms with Crippen LogP contribution in [0.1, 0.15) is 12.0 Å². The van der Waals surface area contributed by atoms with E-state index in [0.29, 0.717) is 11.3 Å². The molecule has 0 saturated carbocycles. The number of carboxylic acid groups (broad SMARTS) is 1. The number of benzene rings is 3. The van der Waals surface area contributed by atoms with Crippen LogP contribution in [0.4, 0.5) is 0 Å². The predicted molar refractivity (Wildman–Crippen MR) is 136 cm³/mol. The molecule has 4 aromatic rings. The van der Waals surface area contributed by atoms with Crippen molar-refractivity contribution in [2.24, 2.45) is 0 Å². The number of nitrogens with zero attached hydrogens (tertiary/aromatic N) is 1. The molecule has 0 amide bonds. The number of pyridine rings is 1. The first-order valence-electron chi connectivity index (χ1n) is 11.0. The van der Waals surface area contributed by atoms with E-state index < -0.39 is 22.0 Å². The normalized spacial score (nSPS) is 11.7. The monoisotopic (exact) mass is 498 g/mol. The summed E-state index contributed by atoms with van der Waals surface area (Å²) in [4.78, 5) is 15.5. The van der Waals surface area contributed by atoms with Gasteiger partial charge in [0.2, 0.25) is 10.0 Å². The lowest BCUT2D eigenvalue weighted by molar-refractivity contribution is -0.138. The standard InChI is InChI=1S/C28H22N2O5S/c31-28(32)27(10-4-6-21-7-5-19-29-20-21)30-36(33,34)26-17-13-23(14-18-26)22-11-15-25(16-12-22)35-24-8-2-1-3-9-24/h1-3,5,7-9,11-20,27,30H,10H2,(H,31,32). The van der Waals surface area contributed by atoms with Gasteiger partial charge in [-0.05, 0) is 59.7 Å². The number of carbonyl (C=O) groups is 1. The summed E-state index contributed by atoms with van der Waals surface area (Å²) in [7, 11) is -4.07. The fraction of sp³-hybridized carbons (Fsp3) is 0.0714. The van der Waals surface area contributed by atoms with Crippen molar-refractivity contribution in [1.29, 1.82) is 0 Å². The van der Waals surface area contributed by atoms with Crippen LogP contribution in [0.25, 0.3) is 11.1 Å². The first-order chi connectivity index (χ1) is 17.4. The molecular formula is C28H22N2O5S. The van der Waals surface area contributed by atoms with E-state index in [1.54, 1.807) is 36.7 Å². The molecule has 8 heteroatoms. The van der Waals surface area contributed by atoms with Crippen LogP contribution >= 0.6 is 0 Å². The van der Waals surface area contributed by atoms with Gasteiger partial charge in [-0.3, -0.25) is 9.78 Å². The van der Waals surface area contributed by atoms with Crippen LogP contribution in [-0.4, -0.2) is 30.5 Å². The van der Waals surface area contributed by atoms with Crippen LogP contribution in [0, 0.1) is 11.8 Å². The van der Waals surface area contributed by atoms with E-state index in [1.165, 1.54) is 12.1 Å². The molecule has 1 unspecified atom stereocenters. The Labute approximate surface area is 209 Å². The van der Waals surface area contributed by atoms with Gasteiger partial charge in [-0.25, -0.2) is 8.42 Å². The summed E-state index contributed by atoms with van der Waals surface area (Å²) in [5, 5.41) is 9.47. The fourth-order valence-corrected chi connectivity index (χ4v) is 4.48. The molecule has 0 bridgehead atoms. The summed E-state index contributed by atoms with van der Waals surface area (Å²) in [5.74, 6) is 5.58. The number of aromatic nitrogens is 1. The van der Waals surface area contributed by atoms with Gasteiger partial charge in [0.15, 0.2) is 0 Å². The van der Waals surface area contributed by atoms with Crippen LogP contribution < -0.4 is 9.46 Å². The number of hydrogen-bond acceptors (Lipinski definition) is 5. The molecule has 0 spiro atoms. The largest absolute Gasteiger partial charge is 0.480 e. The molecule has 0 radical (unpaired) electrons.